The second-order valence-corrected chi connectivity index (χ2v) is 7.03. The van der Waals surface area contributed by atoms with Gasteiger partial charge >= 0.3 is 0 Å². The molecule has 4 rings (SSSR count). The number of hydrogen-bond acceptors (Lipinski definition) is 5. The molecule has 0 spiro atoms. The van der Waals surface area contributed by atoms with E-state index in [9.17, 15) is 0 Å². The van der Waals surface area contributed by atoms with Crippen LogP contribution >= 0.6 is 11.3 Å². The van der Waals surface area contributed by atoms with Crippen LogP contribution in [0.1, 0.15) is 23.0 Å². The molecule has 124 valence electrons. The Balaban J connectivity index is 1.40. The molecular formula is C18H20N4OS. The van der Waals surface area contributed by atoms with Crippen LogP contribution in [0, 0.1) is 0 Å². The van der Waals surface area contributed by atoms with Crippen LogP contribution in [0.2, 0.25) is 0 Å². The standard InChI is InChI=1S/C18H20N4OS/c1-3-17(11-19-7-1)23-9-6-16-13-21(14-18-4-2-10-24-18)12-15-5-8-20-22(15)16/h1-5,7-8,10-11,16H,6,9,12-14H2/t16-/m0/s1. The fraction of sp³-hybridized carbons (Fsp3) is 0.333. The van der Waals surface area contributed by atoms with E-state index in [4.69, 9.17) is 4.74 Å². The third-order valence-electron chi connectivity index (χ3n) is 4.27. The van der Waals surface area contributed by atoms with Gasteiger partial charge in [-0.1, -0.05) is 6.07 Å². The van der Waals surface area contributed by atoms with Crippen LogP contribution in [0.25, 0.3) is 0 Å². The van der Waals surface area contributed by atoms with Crippen LogP contribution in [-0.4, -0.2) is 32.8 Å². The highest BCUT2D eigenvalue weighted by atomic mass is 32.1. The van der Waals surface area contributed by atoms with Gasteiger partial charge in [-0.15, -0.1) is 11.3 Å². The maximum Gasteiger partial charge on any atom is 0.137 e. The number of hydrogen-bond donors (Lipinski definition) is 0. The van der Waals surface area contributed by atoms with Gasteiger partial charge in [-0.2, -0.15) is 5.10 Å². The monoisotopic (exact) mass is 340 g/mol. The van der Waals surface area contributed by atoms with Gasteiger partial charge in [0.25, 0.3) is 0 Å². The maximum absolute atomic E-state index is 5.82. The zero-order valence-corrected chi connectivity index (χ0v) is 14.2. The summed E-state index contributed by atoms with van der Waals surface area (Å²) in [5.41, 5.74) is 1.28. The quantitative estimate of drug-likeness (QED) is 0.690. The van der Waals surface area contributed by atoms with Crippen LogP contribution in [0.5, 0.6) is 5.75 Å². The van der Waals surface area contributed by atoms with Crippen molar-refractivity contribution >= 4 is 11.3 Å². The van der Waals surface area contributed by atoms with Gasteiger partial charge in [0.1, 0.15) is 5.75 Å². The van der Waals surface area contributed by atoms with E-state index in [0.29, 0.717) is 12.6 Å². The molecule has 1 aliphatic rings. The normalized spacial score (nSPS) is 17.6. The van der Waals surface area contributed by atoms with Gasteiger partial charge in [0, 0.05) is 43.3 Å². The Kier molecular flexibility index (Phi) is 4.57. The molecule has 0 bridgehead atoms. The molecule has 0 fully saturated rings. The first-order chi connectivity index (χ1) is 11.9. The molecule has 24 heavy (non-hydrogen) atoms. The minimum absolute atomic E-state index is 0.348. The molecule has 0 saturated heterocycles. The second-order valence-electron chi connectivity index (χ2n) is 6.00. The van der Waals surface area contributed by atoms with Crippen LogP contribution in [0.15, 0.2) is 54.3 Å². The smallest absolute Gasteiger partial charge is 0.137 e. The van der Waals surface area contributed by atoms with Crippen molar-refractivity contribution in [1.29, 1.82) is 0 Å². The molecule has 0 aromatic carbocycles. The van der Waals surface area contributed by atoms with E-state index in [-0.39, 0.29) is 0 Å². The molecule has 6 heteroatoms. The molecule has 0 amide bonds. The minimum Gasteiger partial charge on any atom is -0.492 e. The zero-order valence-electron chi connectivity index (χ0n) is 13.4. The molecule has 0 aliphatic carbocycles. The topological polar surface area (TPSA) is 43.2 Å². The summed E-state index contributed by atoms with van der Waals surface area (Å²) in [6.45, 7) is 3.63. The summed E-state index contributed by atoms with van der Waals surface area (Å²) in [5.74, 6) is 0.824. The van der Waals surface area contributed by atoms with Crippen molar-refractivity contribution in [3.63, 3.8) is 0 Å². The van der Waals surface area contributed by atoms with Gasteiger partial charge in [0.2, 0.25) is 0 Å². The van der Waals surface area contributed by atoms with Crippen molar-refractivity contribution in [3.8, 4) is 5.75 Å². The predicted octanol–water partition coefficient (Wildman–Crippen LogP) is 3.37. The third kappa shape index (κ3) is 3.49. The van der Waals surface area contributed by atoms with Gasteiger partial charge in [-0.05, 0) is 29.6 Å². The predicted molar refractivity (Wildman–Crippen MR) is 94.0 cm³/mol. The van der Waals surface area contributed by atoms with E-state index in [1.165, 1.54) is 10.6 Å². The summed E-state index contributed by atoms with van der Waals surface area (Å²) >= 11 is 1.82. The van der Waals surface area contributed by atoms with Crippen molar-refractivity contribution in [3.05, 3.63) is 64.9 Å². The minimum atomic E-state index is 0.348. The van der Waals surface area contributed by atoms with Crippen LogP contribution in [0.3, 0.4) is 0 Å². The first kappa shape index (κ1) is 15.4. The molecule has 0 N–H and O–H groups in total. The molecule has 3 aromatic rings. The van der Waals surface area contributed by atoms with Crippen LogP contribution in [-0.2, 0) is 13.1 Å². The number of fused-ring (bicyclic) bond motifs is 1. The van der Waals surface area contributed by atoms with Gasteiger partial charge in [0.15, 0.2) is 0 Å². The number of thiophene rings is 1. The Hall–Kier alpha value is -2.18. The lowest BCUT2D eigenvalue weighted by molar-refractivity contribution is 0.148. The van der Waals surface area contributed by atoms with E-state index >= 15 is 0 Å². The summed E-state index contributed by atoms with van der Waals surface area (Å²) in [7, 11) is 0. The van der Waals surface area contributed by atoms with Crippen molar-refractivity contribution in [2.24, 2.45) is 0 Å². The number of pyridine rings is 1. The Morgan fingerprint density at radius 3 is 3.04 bits per heavy atom. The molecule has 3 aromatic heterocycles. The number of aromatic nitrogens is 3. The van der Waals surface area contributed by atoms with Crippen molar-refractivity contribution in [2.45, 2.75) is 25.6 Å². The Bertz CT molecular complexity index is 756. The molecule has 0 radical (unpaired) electrons. The Labute approximate surface area is 145 Å². The molecule has 4 heterocycles. The lowest BCUT2D eigenvalue weighted by Gasteiger charge is -2.33. The lowest BCUT2D eigenvalue weighted by atomic mass is 10.1. The third-order valence-corrected chi connectivity index (χ3v) is 5.13. The summed E-state index contributed by atoms with van der Waals surface area (Å²) in [6.07, 6.45) is 6.35. The molecule has 0 saturated carbocycles. The molecule has 1 aliphatic heterocycles. The molecule has 1 atom stereocenters. The fourth-order valence-electron chi connectivity index (χ4n) is 3.17. The Morgan fingerprint density at radius 2 is 2.21 bits per heavy atom. The summed E-state index contributed by atoms with van der Waals surface area (Å²) in [6, 6.07) is 10.6. The largest absolute Gasteiger partial charge is 0.492 e. The summed E-state index contributed by atoms with van der Waals surface area (Å²) in [5, 5.41) is 6.66. The van der Waals surface area contributed by atoms with E-state index in [0.717, 1.165) is 31.8 Å². The first-order valence-corrected chi connectivity index (χ1v) is 9.06. The van der Waals surface area contributed by atoms with E-state index in [1.54, 1.807) is 12.4 Å². The number of rotatable bonds is 6. The molecular weight excluding hydrogens is 320 g/mol. The van der Waals surface area contributed by atoms with Gasteiger partial charge < -0.3 is 4.74 Å². The highest BCUT2D eigenvalue weighted by Crippen LogP contribution is 2.25. The number of nitrogens with zero attached hydrogens (tertiary/aromatic N) is 4. The average Bonchev–Trinajstić information content (AvgIpc) is 3.27. The van der Waals surface area contributed by atoms with Crippen molar-refractivity contribution < 1.29 is 4.74 Å². The zero-order chi connectivity index (χ0) is 16.2. The highest BCUT2D eigenvalue weighted by molar-refractivity contribution is 7.09. The van der Waals surface area contributed by atoms with Gasteiger partial charge in [-0.25, -0.2) is 0 Å². The Morgan fingerprint density at radius 1 is 1.21 bits per heavy atom. The van der Waals surface area contributed by atoms with E-state index in [2.05, 4.69) is 43.2 Å². The van der Waals surface area contributed by atoms with E-state index in [1.807, 2.05) is 29.7 Å². The summed E-state index contributed by atoms with van der Waals surface area (Å²) < 4.78 is 7.99. The van der Waals surface area contributed by atoms with Gasteiger partial charge in [-0.3, -0.25) is 14.6 Å². The van der Waals surface area contributed by atoms with Crippen LogP contribution in [0.4, 0.5) is 0 Å². The fourth-order valence-corrected chi connectivity index (χ4v) is 3.91. The maximum atomic E-state index is 5.82. The second kappa shape index (κ2) is 7.15. The van der Waals surface area contributed by atoms with Crippen LogP contribution < -0.4 is 4.74 Å². The lowest BCUT2D eigenvalue weighted by Crippen LogP contribution is -2.37. The van der Waals surface area contributed by atoms with Gasteiger partial charge in [0.05, 0.1) is 24.5 Å². The number of ether oxygens (including phenoxy) is 1. The molecule has 0 unspecified atom stereocenters. The van der Waals surface area contributed by atoms with E-state index < -0.39 is 0 Å². The highest BCUT2D eigenvalue weighted by Gasteiger charge is 2.25. The summed E-state index contributed by atoms with van der Waals surface area (Å²) in [4.78, 5) is 7.99. The SMILES string of the molecule is c1cncc(OCC[C@H]2CN(Cc3cccs3)Cc3ccnn32)c1. The average molecular weight is 340 g/mol. The molecule has 5 nitrogen and oxygen atoms in total. The first-order valence-electron chi connectivity index (χ1n) is 8.18. The van der Waals surface area contributed by atoms with Crippen molar-refractivity contribution in [2.75, 3.05) is 13.2 Å². The van der Waals surface area contributed by atoms with Crippen molar-refractivity contribution in [1.82, 2.24) is 19.7 Å².